The Balaban J connectivity index is 1.47. The maximum atomic E-state index is 2.34. The molecular formula is C26H21N. The third kappa shape index (κ3) is 2.82. The van der Waals surface area contributed by atoms with E-state index in [4.69, 9.17) is 0 Å². The van der Waals surface area contributed by atoms with E-state index in [0.29, 0.717) is 0 Å². The molecule has 0 fully saturated rings. The van der Waals surface area contributed by atoms with Crippen LogP contribution in [-0.4, -0.2) is 7.05 Å². The fourth-order valence-electron chi connectivity index (χ4n) is 3.98. The van der Waals surface area contributed by atoms with Crippen LogP contribution in [0, 0.1) is 0 Å². The van der Waals surface area contributed by atoms with E-state index >= 15 is 0 Å². The minimum atomic E-state index is 1.05. The molecule has 0 radical (unpaired) electrons. The summed E-state index contributed by atoms with van der Waals surface area (Å²) in [5.74, 6) is 0. The Morgan fingerprint density at radius 2 is 1.19 bits per heavy atom. The lowest BCUT2D eigenvalue weighted by atomic mass is 9.98. The summed E-state index contributed by atoms with van der Waals surface area (Å²) in [7, 11) is 2.11. The van der Waals surface area contributed by atoms with Gasteiger partial charge in [-0.3, -0.25) is 0 Å². The number of hydrogen-bond donors (Lipinski definition) is 0. The molecule has 0 spiro atoms. The van der Waals surface area contributed by atoms with E-state index in [1.54, 1.807) is 0 Å². The fourth-order valence-corrected chi connectivity index (χ4v) is 3.98. The number of rotatable bonds is 3. The molecule has 0 aromatic heterocycles. The minimum absolute atomic E-state index is 1.05. The molecule has 130 valence electrons. The van der Waals surface area contributed by atoms with E-state index in [1.165, 1.54) is 44.8 Å². The first-order valence-electron chi connectivity index (χ1n) is 9.40. The Kier molecular flexibility index (Phi) is 3.79. The van der Waals surface area contributed by atoms with Crippen molar-refractivity contribution in [2.24, 2.45) is 0 Å². The minimum Gasteiger partial charge on any atom is -0.345 e. The monoisotopic (exact) mass is 347 g/mol. The van der Waals surface area contributed by atoms with Gasteiger partial charge in [0, 0.05) is 18.4 Å². The van der Waals surface area contributed by atoms with Gasteiger partial charge in [0.25, 0.3) is 0 Å². The third-order valence-electron chi connectivity index (χ3n) is 5.53. The van der Waals surface area contributed by atoms with Gasteiger partial charge in [0.1, 0.15) is 0 Å². The van der Waals surface area contributed by atoms with Crippen LogP contribution in [0.1, 0.15) is 11.1 Å². The van der Waals surface area contributed by atoms with Crippen LogP contribution in [0.5, 0.6) is 0 Å². The Hall–Kier alpha value is -3.32. The van der Waals surface area contributed by atoms with E-state index in [0.717, 1.165) is 6.42 Å². The summed E-state index contributed by atoms with van der Waals surface area (Å²) in [6, 6.07) is 34.9. The van der Waals surface area contributed by atoms with Crippen molar-refractivity contribution < 1.29 is 0 Å². The fraction of sp³-hybridized carbons (Fsp3) is 0.0769. The van der Waals surface area contributed by atoms with Gasteiger partial charge in [0.05, 0.1) is 0 Å². The number of anilines is 2. The molecule has 27 heavy (non-hydrogen) atoms. The standard InChI is InChI=1S/C26H21N/c1-27(23-8-3-2-4-9-23)24-15-13-19(14-16-24)20-11-12-22-17-21-7-5-6-10-25(21)26(22)18-20/h2-16,18H,17H2,1H3. The Morgan fingerprint density at radius 3 is 2.00 bits per heavy atom. The second kappa shape index (κ2) is 6.44. The van der Waals surface area contributed by atoms with Crippen LogP contribution in [-0.2, 0) is 6.42 Å². The second-order valence-electron chi connectivity index (χ2n) is 7.15. The smallest absolute Gasteiger partial charge is 0.0408 e. The van der Waals surface area contributed by atoms with Crippen LogP contribution >= 0.6 is 0 Å². The van der Waals surface area contributed by atoms with E-state index in [2.05, 4.69) is 103 Å². The lowest BCUT2D eigenvalue weighted by Gasteiger charge is -2.19. The van der Waals surface area contributed by atoms with Crippen LogP contribution in [0.4, 0.5) is 11.4 Å². The quantitative estimate of drug-likeness (QED) is 0.351. The van der Waals surface area contributed by atoms with Gasteiger partial charge in [0.15, 0.2) is 0 Å². The highest BCUT2D eigenvalue weighted by Gasteiger charge is 2.18. The molecular weight excluding hydrogens is 326 g/mol. The highest BCUT2D eigenvalue weighted by Crippen LogP contribution is 2.39. The van der Waals surface area contributed by atoms with Gasteiger partial charge in [-0.2, -0.15) is 0 Å². The number of nitrogens with zero attached hydrogens (tertiary/aromatic N) is 1. The van der Waals surface area contributed by atoms with E-state index < -0.39 is 0 Å². The first kappa shape index (κ1) is 15.9. The van der Waals surface area contributed by atoms with Gasteiger partial charge in [-0.1, -0.05) is 66.7 Å². The van der Waals surface area contributed by atoms with Crippen molar-refractivity contribution in [3.8, 4) is 22.3 Å². The molecule has 4 aromatic rings. The first-order chi connectivity index (χ1) is 13.3. The topological polar surface area (TPSA) is 3.24 Å². The number of hydrogen-bond acceptors (Lipinski definition) is 1. The van der Waals surface area contributed by atoms with Crippen LogP contribution in [0.15, 0.2) is 97.1 Å². The van der Waals surface area contributed by atoms with Crippen molar-refractivity contribution in [2.45, 2.75) is 6.42 Å². The molecule has 4 aromatic carbocycles. The van der Waals surface area contributed by atoms with E-state index in [1.807, 2.05) is 6.07 Å². The maximum absolute atomic E-state index is 2.34. The van der Waals surface area contributed by atoms with Gasteiger partial charge in [0.2, 0.25) is 0 Å². The van der Waals surface area contributed by atoms with Gasteiger partial charge in [-0.25, -0.2) is 0 Å². The Morgan fingerprint density at radius 1 is 0.556 bits per heavy atom. The molecule has 1 nitrogen and oxygen atoms in total. The van der Waals surface area contributed by atoms with Gasteiger partial charge >= 0.3 is 0 Å². The molecule has 1 aliphatic carbocycles. The van der Waals surface area contributed by atoms with Gasteiger partial charge in [-0.05, 0) is 70.1 Å². The van der Waals surface area contributed by atoms with Crippen molar-refractivity contribution in [1.29, 1.82) is 0 Å². The molecule has 0 aliphatic heterocycles. The summed E-state index contributed by atoms with van der Waals surface area (Å²) in [6.45, 7) is 0. The van der Waals surface area contributed by atoms with Gasteiger partial charge in [-0.15, -0.1) is 0 Å². The van der Waals surface area contributed by atoms with Crippen molar-refractivity contribution in [1.82, 2.24) is 0 Å². The molecule has 0 amide bonds. The lowest BCUT2D eigenvalue weighted by molar-refractivity contribution is 1.21. The zero-order chi connectivity index (χ0) is 18.2. The first-order valence-corrected chi connectivity index (χ1v) is 9.40. The number of fused-ring (bicyclic) bond motifs is 3. The Labute approximate surface area is 160 Å². The number of para-hydroxylation sites is 1. The normalized spacial score (nSPS) is 11.7. The highest BCUT2D eigenvalue weighted by molar-refractivity contribution is 5.81. The summed E-state index contributed by atoms with van der Waals surface area (Å²) < 4.78 is 0. The van der Waals surface area contributed by atoms with Crippen molar-refractivity contribution in [2.75, 3.05) is 11.9 Å². The largest absolute Gasteiger partial charge is 0.345 e. The van der Waals surface area contributed by atoms with Crippen LogP contribution in [0.25, 0.3) is 22.3 Å². The molecule has 0 heterocycles. The van der Waals surface area contributed by atoms with E-state index in [-0.39, 0.29) is 0 Å². The van der Waals surface area contributed by atoms with Crippen molar-refractivity contribution in [3.05, 3.63) is 108 Å². The molecule has 0 saturated carbocycles. The van der Waals surface area contributed by atoms with Crippen molar-refractivity contribution >= 4 is 11.4 Å². The predicted molar refractivity (Wildman–Crippen MR) is 115 cm³/mol. The molecule has 1 heteroatoms. The zero-order valence-corrected chi connectivity index (χ0v) is 15.4. The second-order valence-corrected chi connectivity index (χ2v) is 7.15. The van der Waals surface area contributed by atoms with Crippen LogP contribution < -0.4 is 4.90 Å². The van der Waals surface area contributed by atoms with E-state index in [9.17, 15) is 0 Å². The molecule has 1 aliphatic rings. The highest BCUT2D eigenvalue weighted by atomic mass is 15.1. The predicted octanol–water partition coefficient (Wildman–Crippen LogP) is 6.69. The SMILES string of the molecule is CN(c1ccccc1)c1ccc(-c2ccc3c(c2)-c2ccccc2C3)cc1. The lowest BCUT2D eigenvalue weighted by Crippen LogP contribution is -2.08. The zero-order valence-electron chi connectivity index (χ0n) is 15.4. The summed E-state index contributed by atoms with van der Waals surface area (Å²) in [5.41, 5.74) is 10.6. The average Bonchev–Trinajstić information content (AvgIpc) is 3.12. The molecule has 0 N–H and O–H groups in total. The van der Waals surface area contributed by atoms with Crippen LogP contribution in [0.2, 0.25) is 0 Å². The molecule has 5 rings (SSSR count). The van der Waals surface area contributed by atoms with Crippen LogP contribution in [0.3, 0.4) is 0 Å². The summed E-state index contributed by atoms with van der Waals surface area (Å²) in [4.78, 5) is 2.21. The van der Waals surface area contributed by atoms with Gasteiger partial charge < -0.3 is 4.90 Å². The molecule has 0 bridgehead atoms. The van der Waals surface area contributed by atoms with Crippen molar-refractivity contribution in [3.63, 3.8) is 0 Å². The summed E-state index contributed by atoms with van der Waals surface area (Å²) in [5, 5.41) is 0. The summed E-state index contributed by atoms with van der Waals surface area (Å²) >= 11 is 0. The third-order valence-corrected chi connectivity index (χ3v) is 5.53. The maximum Gasteiger partial charge on any atom is 0.0408 e. The molecule has 0 atom stereocenters. The summed E-state index contributed by atoms with van der Waals surface area (Å²) in [6.07, 6.45) is 1.05. The Bertz CT molecular complexity index is 1090. The molecule has 0 saturated heterocycles. The average molecular weight is 347 g/mol. The number of benzene rings is 4. The molecule has 0 unspecified atom stereocenters.